The van der Waals surface area contributed by atoms with Gasteiger partial charge in [0.15, 0.2) is 0 Å². The molecule has 2 aliphatic carbocycles. The maximum Gasteiger partial charge on any atom is 0.309 e. The largest absolute Gasteiger partial charge is 0.344 e. The molecule has 2 amide bonds. The lowest BCUT2D eigenvalue weighted by Crippen LogP contribution is -2.40. The fraction of sp³-hybridized carbons (Fsp3) is 0.364. The van der Waals surface area contributed by atoms with E-state index in [0.29, 0.717) is 13.1 Å². The normalized spacial score (nSPS) is 18.0. The number of carbonyl (C=O) groups excluding carboxylic acids is 2. The number of aryl methyl sites for hydroxylation is 1. The van der Waals surface area contributed by atoms with Crippen molar-refractivity contribution in [1.29, 1.82) is 0 Å². The highest BCUT2D eigenvalue weighted by atomic mass is 16.2. The number of nitrogens with two attached hydrogens (primary N) is 1. The van der Waals surface area contributed by atoms with Crippen molar-refractivity contribution in [3.05, 3.63) is 70.3 Å². The van der Waals surface area contributed by atoms with Crippen molar-refractivity contribution in [2.75, 3.05) is 0 Å². The highest BCUT2D eigenvalue weighted by Crippen LogP contribution is 2.39. The van der Waals surface area contributed by atoms with Gasteiger partial charge in [0.25, 0.3) is 0 Å². The zero-order valence-corrected chi connectivity index (χ0v) is 15.3. The van der Waals surface area contributed by atoms with E-state index in [4.69, 9.17) is 5.73 Å². The van der Waals surface area contributed by atoms with Gasteiger partial charge in [0, 0.05) is 13.1 Å². The highest BCUT2D eigenvalue weighted by Gasteiger charge is 2.26. The van der Waals surface area contributed by atoms with Crippen LogP contribution >= 0.6 is 0 Å². The number of nitrogens with one attached hydrogen (secondary N) is 2. The van der Waals surface area contributed by atoms with E-state index in [2.05, 4.69) is 28.8 Å². The van der Waals surface area contributed by atoms with Gasteiger partial charge >= 0.3 is 11.8 Å². The first kappa shape index (κ1) is 17.7. The van der Waals surface area contributed by atoms with Gasteiger partial charge in [-0.3, -0.25) is 9.59 Å². The predicted octanol–water partition coefficient (Wildman–Crippen LogP) is 2.44. The van der Waals surface area contributed by atoms with Crippen molar-refractivity contribution in [3.63, 3.8) is 0 Å². The molecule has 140 valence electrons. The lowest BCUT2D eigenvalue weighted by Gasteiger charge is -2.14. The first-order chi connectivity index (χ1) is 13.1. The molecule has 1 unspecified atom stereocenters. The lowest BCUT2D eigenvalue weighted by molar-refractivity contribution is -0.139. The van der Waals surface area contributed by atoms with Gasteiger partial charge in [0.1, 0.15) is 0 Å². The molecule has 0 spiro atoms. The monoisotopic (exact) mass is 363 g/mol. The number of amides is 2. The van der Waals surface area contributed by atoms with Gasteiger partial charge in [0.2, 0.25) is 0 Å². The Hall–Kier alpha value is -2.66. The minimum atomic E-state index is -0.590. The minimum Gasteiger partial charge on any atom is -0.344 e. The minimum absolute atomic E-state index is 0.108. The van der Waals surface area contributed by atoms with Crippen LogP contribution in [0.5, 0.6) is 0 Å². The molecule has 0 aromatic heterocycles. The third-order valence-electron chi connectivity index (χ3n) is 5.51. The molecular weight excluding hydrogens is 338 g/mol. The Balaban J connectivity index is 1.30. The Labute approximate surface area is 159 Å². The molecule has 2 aliphatic rings. The number of hydrogen-bond acceptors (Lipinski definition) is 3. The summed E-state index contributed by atoms with van der Waals surface area (Å²) in [5.41, 5.74) is 11.4. The first-order valence-electron chi connectivity index (χ1n) is 9.63. The smallest absolute Gasteiger partial charge is 0.309 e. The molecule has 4 N–H and O–H groups in total. The van der Waals surface area contributed by atoms with E-state index in [1.807, 2.05) is 24.3 Å². The van der Waals surface area contributed by atoms with Crippen LogP contribution in [-0.4, -0.2) is 11.8 Å². The molecular formula is C22H25N3O2. The van der Waals surface area contributed by atoms with Crippen molar-refractivity contribution in [2.45, 2.75) is 50.7 Å². The topological polar surface area (TPSA) is 84.2 Å². The fourth-order valence-corrected chi connectivity index (χ4v) is 3.76. The molecule has 1 saturated carbocycles. The van der Waals surface area contributed by atoms with Crippen LogP contribution in [0.15, 0.2) is 42.5 Å². The Morgan fingerprint density at radius 3 is 2.41 bits per heavy atom. The zero-order chi connectivity index (χ0) is 18.8. The third-order valence-corrected chi connectivity index (χ3v) is 5.51. The summed E-state index contributed by atoms with van der Waals surface area (Å²) >= 11 is 0. The number of rotatable bonds is 5. The van der Waals surface area contributed by atoms with Crippen molar-refractivity contribution in [2.24, 2.45) is 5.73 Å². The second kappa shape index (κ2) is 7.53. The molecule has 4 rings (SSSR count). The van der Waals surface area contributed by atoms with Crippen molar-refractivity contribution < 1.29 is 9.59 Å². The van der Waals surface area contributed by atoms with Crippen LogP contribution in [0.25, 0.3) is 0 Å². The molecule has 0 heterocycles. The van der Waals surface area contributed by atoms with E-state index < -0.39 is 11.8 Å². The molecule has 1 fully saturated rings. The number of benzene rings is 2. The van der Waals surface area contributed by atoms with E-state index >= 15 is 0 Å². The summed E-state index contributed by atoms with van der Waals surface area (Å²) < 4.78 is 0. The van der Waals surface area contributed by atoms with Gasteiger partial charge in [-0.25, -0.2) is 0 Å². The molecule has 5 nitrogen and oxygen atoms in total. The lowest BCUT2D eigenvalue weighted by atomic mass is 10.0. The Kier molecular flexibility index (Phi) is 4.94. The Morgan fingerprint density at radius 1 is 0.963 bits per heavy atom. The Morgan fingerprint density at radius 2 is 1.70 bits per heavy atom. The van der Waals surface area contributed by atoms with Crippen LogP contribution in [0.3, 0.4) is 0 Å². The van der Waals surface area contributed by atoms with Crippen LogP contribution < -0.4 is 16.4 Å². The highest BCUT2D eigenvalue weighted by molar-refractivity contribution is 6.35. The first-order valence-corrected chi connectivity index (χ1v) is 9.63. The predicted molar refractivity (Wildman–Crippen MR) is 104 cm³/mol. The van der Waals surface area contributed by atoms with E-state index in [1.165, 1.54) is 24.0 Å². The second-order valence-electron chi connectivity index (χ2n) is 7.50. The van der Waals surface area contributed by atoms with Gasteiger partial charge in [-0.1, -0.05) is 42.5 Å². The SMILES string of the molecule is NCc1ccc2c(c1)CCC2NC(=O)C(=O)NCc1ccc(C2CC2)cc1. The maximum atomic E-state index is 12.3. The van der Waals surface area contributed by atoms with Crippen molar-refractivity contribution in [1.82, 2.24) is 10.6 Å². The molecule has 2 aromatic rings. The van der Waals surface area contributed by atoms with Gasteiger partial charge in [-0.2, -0.15) is 0 Å². The third kappa shape index (κ3) is 4.03. The van der Waals surface area contributed by atoms with E-state index in [1.54, 1.807) is 0 Å². The quantitative estimate of drug-likeness (QED) is 0.714. The van der Waals surface area contributed by atoms with E-state index in [0.717, 1.165) is 35.4 Å². The van der Waals surface area contributed by atoms with Gasteiger partial charge in [-0.15, -0.1) is 0 Å². The Bertz CT molecular complexity index is 856. The van der Waals surface area contributed by atoms with Crippen LogP contribution in [0.2, 0.25) is 0 Å². The average molecular weight is 363 g/mol. The molecule has 27 heavy (non-hydrogen) atoms. The molecule has 0 bridgehead atoms. The molecule has 5 heteroatoms. The second-order valence-corrected chi connectivity index (χ2v) is 7.50. The van der Waals surface area contributed by atoms with Crippen LogP contribution in [0, 0.1) is 0 Å². The van der Waals surface area contributed by atoms with E-state index in [-0.39, 0.29) is 6.04 Å². The molecule has 0 saturated heterocycles. The number of hydrogen-bond donors (Lipinski definition) is 3. The van der Waals surface area contributed by atoms with Gasteiger partial charge in [-0.05, 0) is 59.4 Å². The summed E-state index contributed by atoms with van der Waals surface area (Å²) in [4.78, 5) is 24.4. The zero-order valence-electron chi connectivity index (χ0n) is 15.3. The van der Waals surface area contributed by atoms with Crippen molar-refractivity contribution >= 4 is 11.8 Å². The van der Waals surface area contributed by atoms with Gasteiger partial charge < -0.3 is 16.4 Å². The summed E-state index contributed by atoms with van der Waals surface area (Å²) in [7, 11) is 0. The van der Waals surface area contributed by atoms with Crippen LogP contribution in [0.1, 0.15) is 59.0 Å². The summed E-state index contributed by atoms with van der Waals surface area (Å²) in [6.45, 7) is 0.868. The average Bonchev–Trinajstić information content (AvgIpc) is 3.48. The number of carbonyl (C=O) groups is 2. The fourth-order valence-electron chi connectivity index (χ4n) is 3.76. The summed E-state index contributed by atoms with van der Waals surface area (Å²) in [6.07, 6.45) is 4.25. The summed E-state index contributed by atoms with van der Waals surface area (Å²) in [5, 5.41) is 5.57. The molecule has 0 aliphatic heterocycles. The number of fused-ring (bicyclic) bond motifs is 1. The van der Waals surface area contributed by atoms with Crippen LogP contribution in [-0.2, 0) is 29.1 Å². The van der Waals surface area contributed by atoms with E-state index in [9.17, 15) is 9.59 Å². The van der Waals surface area contributed by atoms with Crippen molar-refractivity contribution in [3.8, 4) is 0 Å². The molecule has 1 atom stereocenters. The maximum absolute atomic E-state index is 12.3. The molecule has 2 aromatic carbocycles. The standard InChI is InChI=1S/C22H25N3O2/c23-12-15-3-9-19-18(11-15)8-10-20(19)25-22(27)21(26)24-13-14-1-4-16(5-2-14)17-6-7-17/h1-5,9,11,17,20H,6-8,10,12-13,23H2,(H,24,26)(H,25,27). The van der Waals surface area contributed by atoms with Crippen LogP contribution in [0.4, 0.5) is 0 Å². The van der Waals surface area contributed by atoms with Gasteiger partial charge in [0.05, 0.1) is 6.04 Å². The summed E-state index contributed by atoms with van der Waals surface area (Å²) in [6, 6.07) is 14.2. The summed E-state index contributed by atoms with van der Waals surface area (Å²) in [5.74, 6) is -0.451. The molecule has 0 radical (unpaired) electrons.